The van der Waals surface area contributed by atoms with Crippen LogP contribution < -0.4 is 4.90 Å². The van der Waals surface area contributed by atoms with Crippen molar-refractivity contribution in [3.63, 3.8) is 0 Å². The van der Waals surface area contributed by atoms with E-state index in [-0.39, 0.29) is 17.8 Å². The number of hydrogen-bond acceptors (Lipinski definition) is 2. The van der Waals surface area contributed by atoms with Crippen molar-refractivity contribution >= 4 is 5.69 Å². The molecular formula is C16H16F3NO. The monoisotopic (exact) mass is 295 g/mol. The van der Waals surface area contributed by atoms with Crippen LogP contribution >= 0.6 is 0 Å². The van der Waals surface area contributed by atoms with Gasteiger partial charge in [-0.1, -0.05) is 24.3 Å². The summed E-state index contributed by atoms with van der Waals surface area (Å²) in [5.41, 5.74) is 0.307. The summed E-state index contributed by atoms with van der Waals surface area (Å²) in [6.45, 7) is 0.304. The Morgan fingerprint density at radius 3 is 2.38 bits per heavy atom. The van der Waals surface area contributed by atoms with Crippen LogP contribution in [0.4, 0.5) is 18.9 Å². The van der Waals surface area contributed by atoms with Crippen LogP contribution in [-0.2, 0) is 0 Å². The minimum absolute atomic E-state index is 0.0862. The fourth-order valence-electron chi connectivity index (χ4n) is 2.13. The van der Waals surface area contributed by atoms with Crippen molar-refractivity contribution in [2.24, 2.45) is 0 Å². The largest absolute Gasteiger partial charge is 0.388 e. The minimum Gasteiger partial charge on any atom is -0.388 e. The minimum atomic E-state index is -1.14. The van der Waals surface area contributed by atoms with Gasteiger partial charge in [0, 0.05) is 19.2 Å². The van der Waals surface area contributed by atoms with Crippen LogP contribution in [0, 0.1) is 17.5 Å². The van der Waals surface area contributed by atoms with E-state index in [2.05, 4.69) is 0 Å². The molecule has 0 saturated heterocycles. The molecule has 2 rings (SSSR count). The SMILES string of the molecule is CN(CCC(O)c1cccc(F)c1F)c1ccccc1F. The summed E-state index contributed by atoms with van der Waals surface area (Å²) >= 11 is 0. The molecule has 5 heteroatoms. The van der Waals surface area contributed by atoms with E-state index >= 15 is 0 Å². The first-order chi connectivity index (χ1) is 10.0. The third-order valence-corrected chi connectivity index (χ3v) is 3.34. The average molecular weight is 295 g/mol. The molecule has 0 aliphatic heterocycles. The average Bonchev–Trinajstić information content (AvgIpc) is 2.47. The fourth-order valence-corrected chi connectivity index (χ4v) is 2.13. The molecule has 112 valence electrons. The molecule has 0 aliphatic rings. The van der Waals surface area contributed by atoms with E-state index in [1.54, 1.807) is 30.1 Å². The van der Waals surface area contributed by atoms with Gasteiger partial charge in [-0.05, 0) is 24.6 Å². The topological polar surface area (TPSA) is 23.5 Å². The van der Waals surface area contributed by atoms with Crippen LogP contribution in [0.5, 0.6) is 0 Å². The van der Waals surface area contributed by atoms with Gasteiger partial charge in [0.1, 0.15) is 5.82 Å². The highest BCUT2D eigenvalue weighted by atomic mass is 19.2. The molecule has 2 aromatic rings. The lowest BCUT2D eigenvalue weighted by molar-refractivity contribution is 0.164. The summed E-state index contributed by atoms with van der Waals surface area (Å²) in [6, 6.07) is 9.93. The first kappa shape index (κ1) is 15.4. The molecule has 0 aromatic heterocycles. The van der Waals surface area contributed by atoms with Gasteiger partial charge in [-0.2, -0.15) is 0 Å². The van der Waals surface area contributed by atoms with Crippen LogP contribution in [0.3, 0.4) is 0 Å². The summed E-state index contributed by atoms with van der Waals surface area (Å²) in [4.78, 5) is 1.62. The number of rotatable bonds is 5. The maximum Gasteiger partial charge on any atom is 0.164 e. The Labute approximate surface area is 121 Å². The number of hydrogen-bond donors (Lipinski definition) is 1. The highest BCUT2D eigenvalue weighted by molar-refractivity contribution is 5.46. The van der Waals surface area contributed by atoms with E-state index < -0.39 is 17.7 Å². The Morgan fingerprint density at radius 2 is 1.67 bits per heavy atom. The molecule has 0 aliphatic carbocycles. The number of para-hydroxylation sites is 1. The van der Waals surface area contributed by atoms with E-state index in [1.165, 1.54) is 18.2 Å². The quantitative estimate of drug-likeness (QED) is 0.910. The van der Waals surface area contributed by atoms with Gasteiger partial charge in [-0.25, -0.2) is 13.2 Å². The van der Waals surface area contributed by atoms with Gasteiger partial charge in [0.2, 0.25) is 0 Å². The van der Waals surface area contributed by atoms with E-state index in [0.717, 1.165) is 6.07 Å². The van der Waals surface area contributed by atoms with Gasteiger partial charge in [-0.3, -0.25) is 0 Å². The van der Waals surface area contributed by atoms with Crippen molar-refractivity contribution in [1.29, 1.82) is 0 Å². The number of benzene rings is 2. The maximum atomic E-state index is 13.6. The smallest absolute Gasteiger partial charge is 0.164 e. The Hall–Kier alpha value is -2.01. The van der Waals surface area contributed by atoms with E-state index in [4.69, 9.17) is 0 Å². The summed E-state index contributed by atoms with van der Waals surface area (Å²) < 4.78 is 40.3. The second kappa shape index (κ2) is 6.63. The van der Waals surface area contributed by atoms with Gasteiger partial charge in [-0.15, -0.1) is 0 Å². The lowest BCUT2D eigenvalue weighted by Crippen LogP contribution is -2.21. The summed E-state index contributed by atoms with van der Waals surface area (Å²) in [7, 11) is 1.67. The summed E-state index contributed by atoms with van der Waals surface area (Å²) in [6.07, 6.45) is -0.986. The normalized spacial score (nSPS) is 12.2. The van der Waals surface area contributed by atoms with Crippen molar-refractivity contribution in [3.8, 4) is 0 Å². The molecule has 2 nitrogen and oxygen atoms in total. The molecule has 0 spiro atoms. The standard InChI is InChI=1S/C16H16F3NO/c1-20(14-8-3-2-6-12(14)17)10-9-15(21)11-5-4-7-13(18)16(11)19/h2-8,15,21H,9-10H2,1H3. The zero-order valence-corrected chi connectivity index (χ0v) is 11.6. The van der Waals surface area contributed by atoms with Crippen LogP contribution in [0.15, 0.2) is 42.5 Å². The Bertz CT molecular complexity index is 618. The van der Waals surface area contributed by atoms with Crippen LogP contribution in [0.2, 0.25) is 0 Å². The van der Waals surface area contributed by atoms with Gasteiger partial charge in [0.15, 0.2) is 11.6 Å². The van der Waals surface area contributed by atoms with Crippen molar-refractivity contribution in [2.45, 2.75) is 12.5 Å². The predicted molar refractivity (Wildman–Crippen MR) is 75.6 cm³/mol. The molecule has 2 aromatic carbocycles. The molecule has 0 saturated carbocycles. The molecule has 0 bridgehead atoms. The second-order valence-electron chi connectivity index (χ2n) is 4.82. The zero-order chi connectivity index (χ0) is 15.4. The Morgan fingerprint density at radius 1 is 1.00 bits per heavy atom. The summed E-state index contributed by atoms with van der Waals surface area (Å²) in [5.74, 6) is -2.40. The molecule has 21 heavy (non-hydrogen) atoms. The van der Waals surface area contributed by atoms with Gasteiger partial charge >= 0.3 is 0 Å². The van der Waals surface area contributed by atoms with Gasteiger partial charge < -0.3 is 10.0 Å². The number of nitrogens with zero attached hydrogens (tertiary/aromatic N) is 1. The number of aliphatic hydroxyl groups excluding tert-OH is 1. The van der Waals surface area contributed by atoms with Crippen LogP contribution in [0.1, 0.15) is 18.1 Å². The van der Waals surface area contributed by atoms with Crippen molar-refractivity contribution in [2.75, 3.05) is 18.5 Å². The third-order valence-electron chi connectivity index (χ3n) is 3.34. The molecule has 0 amide bonds. The van der Waals surface area contributed by atoms with Crippen molar-refractivity contribution in [1.82, 2.24) is 0 Å². The highest BCUT2D eigenvalue weighted by Crippen LogP contribution is 2.24. The number of halogens is 3. The molecule has 0 radical (unpaired) electrons. The van der Waals surface area contributed by atoms with Crippen LogP contribution in [0.25, 0.3) is 0 Å². The highest BCUT2D eigenvalue weighted by Gasteiger charge is 2.17. The predicted octanol–water partition coefficient (Wildman–Crippen LogP) is 3.66. The Balaban J connectivity index is 2.03. The molecule has 1 N–H and O–H groups in total. The molecule has 0 heterocycles. The fraction of sp³-hybridized carbons (Fsp3) is 0.250. The number of anilines is 1. The lowest BCUT2D eigenvalue weighted by atomic mass is 10.1. The van der Waals surface area contributed by atoms with E-state index in [0.29, 0.717) is 12.2 Å². The molecule has 0 fully saturated rings. The Kier molecular flexibility index (Phi) is 4.85. The molecule has 1 unspecified atom stereocenters. The van der Waals surface area contributed by atoms with E-state index in [1.807, 2.05) is 0 Å². The maximum absolute atomic E-state index is 13.6. The number of aliphatic hydroxyl groups is 1. The lowest BCUT2D eigenvalue weighted by Gasteiger charge is -2.22. The van der Waals surface area contributed by atoms with E-state index in [9.17, 15) is 18.3 Å². The first-order valence-corrected chi connectivity index (χ1v) is 6.58. The van der Waals surface area contributed by atoms with Crippen molar-refractivity contribution < 1.29 is 18.3 Å². The molecule has 1 atom stereocenters. The first-order valence-electron chi connectivity index (χ1n) is 6.58. The third kappa shape index (κ3) is 3.55. The van der Waals surface area contributed by atoms with Crippen molar-refractivity contribution in [3.05, 3.63) is 65.5 Å². The van der Waals surface area contributed by atoms with Gasteiger partial charge in [0.25, 0.3) is 0 Å². The summed E-state index contributed by atoms with van der Waals surface area (Å²) in [5, 5.41) is 9.96. The van der Waals surface area contributed by atoms with Crippen LogP contribution in [-0.4, -0.2) is 18.7 Å². The second-order valence-corrected chi connectivity index (χ2v) is 4.82. The van der Waals surface area contributed by atoms with Gasteiger partial charge in [0.05, 0.1) is 11.8 Å². The zero-order valence-electron chi connectivity index (χ0n) is 11.6. The molecular weight excluding hydrogens is 279 g/mol.